The van der Waals surface area contributed by atoms with E-state index in [2.05, 4.69) is 5.32 Å². The van der Waals surface area contributed by atoms with Crippen molar-refractivity contribution in [2.45, 2.75) is 19.4 Å². The molecule has 0 aliphatic rings. The third-order valence-corrected chi connectivity index (χ3v) is 3.62. The van der Waals surface area contributed by atoms with Crippen LogP contribution in [0.5, 0.6) is 11.5 Å². The molecule has 0 saturated heterocycles. The summed E-state index contributed by atoms with van der Waals surface area (Å²) >= 11 is 0. The normalized spacial score (nSPS) is 11.3. The average molecular weight is 374 g/mol. The van der Waals surface area contributed by atoms with Crippen molar-refractivity contribution >= 4 is 23.3 Å². The fourth-order valence-corrected chi connectivity index (χ4v) is 2.20. The van der Waals surface area contributed by atoms with Gasteiger partial charge in [-0.2, -0.15) is 0 Å². The summed E-state index contributed by atoms with van der Waals surface area (Å²) in [6.45, 7) is 1.40. The van der Waals surface area contributed by atoms with Crippen molar-refractivity contribution in [1.82, 2.24) is 0 Å². The Hall–Kier alpha value is -3.62. The number of aromatic hydroxyl groups is 1. The second-order valence-corrected chi connectivity index (χ2v) is 5.61. The van der Waals surface area contributed by atoms with Crippen molar-refractivity contribution in [3.8, 4) is 11.5 Å². The Bertz CT molecular complexity index is 849. The fraction of sp³-hybridized carbons (Fsp3) is 0.222. The van der Waals surface area contributed by atoms with Gasteiger partial charge >= 0.3 is 5.97 Å². The van der Waals surface area contributed by atoms with Gasteiger partial charge in [0.15, 0.2) is 6.10 Å². The number of methoxy groups -OCH3 is 1. The van der Waals surface area contributed by atoms with Crippen LogP contribution in [0.15, 0.2) is 42.5 Å². The third kappa shape index (κ3) is 5.43. The summed E-state index contributed by atoms with van der Waals surface area (Å²) in [6.07, 6.45) is -1.15. The molecule has 9 heteroatoms. The summed E-state index contributed by atoms with van der Waals surface area (Å²) < 4.78 is 10.1. The lowest BCUT2D eigenvalue weighted by atomic mass is 10.1. The molecule has 27 heavy (non-hydrogen) atoms. The van der Waals surface area contributed by atoms with Gasteiger partial charge in [-0.05, 0) is 30.7 Å². The number of esters is 1. The molecule has 0 fully saturated rings. The zero-order valence-electron chi connectivity index (χ0n) is 14.7. The van der Waals surface area contributed by atoms with E-state index in [-0.39, 0.29) is 29.3 Å². The van der Waals surface area contributed by atoms with Crippen LogP contribution in [-0.4, -0.2) is 35.1 Å². The summed E-state index contributed by atoms with van der Waals surface area (Å²) in [5.74, 6) is -1.03. The lowest BCUT2D eigenvalue weighted by molar-refractivity contribution is -0.384. The lowest BCUT2D eigenvalue weighted by Gasteiger charge is -2.15. The number of hydrogen-bond donors (Lipinski definition) is 2. The predicted molar refractivity (Wildman–Crippen MR) is 95.6 cm³/mol. The molecule has 0 saturated carbocycles. The van der Waals surface area contributed by atoms with Crippen molar-refractivity contribution in [2.75, 3.05) is 12.4 Å². The maximum absolute atomic E-state index is 12.2. The molecule has 0 aliphatic carbocycles. The number of amides is 1. The van der Waals surface area contributed by atoms with E-state index in [0.29, 0.717) is 5.56 Å². The number of carbonyl (C=O) groups excluding carboxylic acids is 2. The highest BCUT2D eigenvalue weighted by Gasteiger charge is 2.20. The van der Waals surface area contributed by atoms with Crippen LogP contribution in [0, 0.1) is 10.1 Å². The minimum Gasteiger partial charge on any atom is -0.508 e. The summed E-state index contributed by atoms with van der Waals surface area (Å²) in [5, 5.41) is 22.5. The molecule has 0 aliphatic heterocycles. The number of nitro groups is 1. The topological polar surface area (TPSA) is 128 Å². The number of phenols is 1. The van der Waals surface area contributed by atoms with E-state index in [4.69, 9.17) is 9.47 Å². The summed E-state index contributed by atoms with van der Waals surface area (Å²) in [4.78, 5) is 34.4. The van der Waals surface area contributed by atoms with Gasteiger partial charge in [0.2, 0.25) is 0 Å². The Balaban J connectivity index is 1.97. The fourth-order valence-electron chi connectivity index (χ4n) is 2.20. The van der Waals surface area contributed by atoms with Crippen LogP contribution >= 0.6 is 0 Å². The number of hydrogen-bond acceptors (Lipinski definition) is 7. The van der Waals surface area contributed by atoms with E-state index < -0.39 is 22.9 Å². The van der Waals surface area contributed by atoms with Crippen molar-refractivity contribution in [3.63, 3.8) is 0 Å². The minimum absolute atomic E-state index is 0.0568. The standard InChI is InChI=1S/C18H18N2O7/c1-11(27-17(22)9-12-3-6-14(21)7-4-12)18(23)19-15-8-5-13(20(24)25)10-16(15)26-2/h3-8,10-11,21H,9H2,1-2H3,(H,19,23)/t11-/m0/s1. The number of ether oxygens (including phenoxy) is 2. The molecule has 2 N–H and O–H groups in total. The molecule has 2 aromatic carbocycles. The van der Waals surface area contributed by atoms with Gasteiger partial charge in [0, 0.05) is 6.07 Å². The van der Waals surface area contributed by atoms with Crippen molar-refractivity contribution in [3.05, 3.63) is 58.1 Å². The van der Waals surface area contributed by atoms with E-state index in [9.17, 15) is 24.8 Å². The molecular weight excluding hydrogens is 356 g/mol. The smallest absolute Gasteiger partial charge is 0.311 e. The largest absolute Gasteiger partial charge is 0.508 e. The first-order chi connectivity index (χ1) is 12.8. The SMILES string of the molecule is COc1cc([N+](=O)[O-])ccc1NC(=O)[C@H](C)OC(=O)Cc1ccc(O)cc1. The summed E-state index contributed by atoms with van der Waals surface area (Å²) in [7, 11) is 1.32. The number of benzene rings is 2. The number of phenolic OH excluding ortho intramolecular Hbond substituents is 1. The molecular formula is C18H18N2O7. The molecule has 0 heterocycles. The highest BCUT2D eigenvalue weighted by Crippen LogP contribution is 2.29. The first-order valence-electron chi connectivity index (χ1n) is 7.91. The number of non-ortho nitro benzene ring substituents is 1. The van der Waals surface area contributed by atoms with Crippen LogP contribution in [0.1, 0.15) is 12.5 Å². The molecule has 0 radical (unpaired) electrons. The second kappa shape index (κ2) is 8.65. The Kier molecular flexibility index (Phi) is 6.32. The van der Waals surface area contributed by atoms with E-state index >= 15 is 0 Å². The Morgan fingerprint density at radius 3 is 2.48 bits per heavy atom. The van der Waals surface area contributed by atoms with Gasteiger partial charge in [-0.25, -0.2) is 0 Å². The number of nitro benzene ring substituents is 1. The number of rotatable bonds is 7. The van der Waals surface area contributed by atoms with Gasteiger partial charge in [0.1, 0.15) is 11.5 Å². The van der Waals surface area contributed by atoms with Crippen LogP contribution < -0.4 is 10.1 Å². The van der Waals surface area contributed by atoms with Crippen LogP contribution in [-0.2, 0) is 20.7 Å². The van der Waals surface area contributed by atoms with Crippen LogP contribution in [0.25, 0.3) is 0 Å². The molecule has 0 bridgehead atoms. The van der Waals surface area contributed by atoms with Crippen LogP contribution in [0.3, 0.4) is 0 Å². The first kappa shape index (κ1) is 19.7. The maximum Gasteiger partial charge on any atom is 0.311 e. The molecule has 0 unspecified atom stereocenters. The predicted octanol–water partition coefficient (Wildman–Crippen LogP) is 2.42. The van der Waals surface area contributed by atoms with E-state index in [1.165, 1.54) is 44.4 Å². The Morgan fingerprint density at radius 1 is 1.22 bits per heavy atom. The molecule has 2 aromatic rings. The third-order valence-electron chi connectivity index (χ3n) is 3.62. The molecule has 1 atom stereocenters. The van der Waals surface area contributed by atoms with Crippen molar-refractivity contribution in [1.29, 1.82) is 0 Å². The van der Waals surface area contributed by atoms with Gasteiger partial charge in [-0.3, -0.25) is 19.7 Å². The molecule has 0 spiro atoms. The highest BCUT2D eigenvalue weighted by molar-refractivity contribution is 5.96. The zero-order chi connectivity index (χ0) is 20.0. The number of carbonyl (C=O) groups is 2. The monoisotopic (exact) mass is 374 g/mol. The number of nitrogens with one attached hydrogen (secondary N) is 1. The van der Waals surface area contributed by atoms with Gasteiger partial charge in [0.05, 0.1) is 30.2 Å². The first-order valence-corrected chi connectivity index (χ1v) is 7.91. The molecule has 2 rings (SSSR count). The van der Waals surface area contributed by atoms with Crippen LogP contribution in [0.4, 0.5) is 11.4 Å². The summed E-state index contributed by atoms with van der Waals surface area (Å²) in [6, 6.07) is 9.77. The minimum atomic E-state index is -1.09. The van der Waals surface area contributed by atoms with E-state index in [1.807, 2.05) is 0 Å². The van der Waals surface area contributed by atoms with Gasteiger partial charge in [-0.15, -0.1) is 0 Å². The zero-order valence-corrected chi connectivity index (χ0v) is 14.7. The average Bonchev–Trinajstić information content (AvgIpc) is 2.63. The van der Waals surface area contributed by atoms with Gasteiger partial charge in [-0.1, -0.05) is 12.1 Å². The van der Waals surface area contributed by atoms with Crippen molar-refractivity contribution < 1.29 is 29.1 Å². The lowest BCUT2D eigenvalue weighted by Crippen LogP contribution is -2.30. The highest BCUT2D eigenvalue weighted by atomic mass is 16.6. The molecule has 9 nitrogen and oxygen atoms in total. The summed E-state index contributed by atoms with van der Waals surface area (Å²) in [5.41, 5.74) is 0.662. The van der Waals surface area contributed by atoms with Gasteiger partial charge in [0.25, 0.3) is 11.6 Å². The second-order valence-electron chi connectivity index (χ2n) is 5.61. The number of anilines is 1. The molecule has 142 valence electrons. The Morgan fingerprint density at radius 2 is 1.89 bits per heavy atom. The van der Waals surface area contributed by atoms with E-state index in [0.717, 1.165) is 0 Å². The number of nitrogens with zero attached hydrogens (tertiary/aromatic N) is 1. The van der Waals surface area contributed by atoms with Crippen molar-refractivity contribution in [2.24, 2.45) is 0 Å². The van der Waals surface area contributed by atoms with Gasteiger partial charge < -0.3 is 19.9 Å². The van der Waals surface area contributed by atoms with Crippen LogP contribution in [0.2, 0.25) is 0 Å². The maximum atomic E-state index is 12.2. The Labute approximate surface area is 154 Å². The molecule has 0 aromatic heterocycles. The van der Waals surface area contributed by atoms with E-state index in [1.54, 1.807) is 12.1 Å². The molecule has 1 amide bonds. The quantitative estimate of drug-likeness (QED) is 0.433.